The van der Waals surface area contributed by atoms with Gasteiger partial charge < -0.3 is 9.84 Å². The second-order valence-corrected chi connectivity index (χ2v) is 17.5. The molecule has 12 rings (SSSR count). The summed E-state index contributed by atoms with van der Waals surface area (Å²) >= 11 is 0. The molecule has 0 unspecified atom stereocenters. The number of benzene rings is 8. The molecule has 11 aromatic rings. The first-order valence-electron chi connectivity index (χ1n) is 21.7. The molecule has 0 bridgehead atoms. The van der Waals surface area contributed by atoms with E-state index in [9.17, 15) is 5.11 Å². The van der Waals surface area contributed by atoms with Crippen LogP contribution in [0.2, 0.25) is 0 Å². The summed E-state index contributed by atoms with van der Waals surface area (Å²) in [7, 11) is 0. The quantitative estimate of drug-likeness (QED) is 0.139. The molecule has 0 radical (unpaired) electrons. The van der Waals surface area contributed by atoms with Gasteiger partial charge in [-0.05, 0) is 98.0 Å². The molecule has 0 aliphatic carbocycles. The summed E-state index contributed by atoms with van der Waals surface area (Å²) in [6, 6.07) is 65.2. The molecule has 0 amide bonds. The lowest BCUT2D eigenvalue weighted by Gasteiger charge is -2.20. The van der Waals surface area contributed by atoms with Gasteiger partial charge in [0.25, 0.3) is 6.33 Å². The van der Waals surface area contributed by atoms with E-state index in [2.05, 4.69) is 194 Å². The summed E-state index contributed by atoms with van der Waals surface area (Å²) in [6.07, 6.45) is 5.68. The molecule has 3 aromatic heterocycles. The first-order chi connectivity index (χ1) is 31.3. The van der Waals surface area contributed by atoms with Crippen molar-refractivity contribution >= 4 is 32.8 Å². The predicted octanol–water partition coefficient (Wildman–Crippen LogP) is 14.0. The van der Waals surface area contributed by atoms with E-state index in [1.807, 2.05) is 41.1 Å². The Balaban J connectivity index is 1.05. The van der Waals surface area contributed by atoms with E-state index < -0.39 is 0 Å². The topological polar surface area (TPSA) is 56.1 Å². The van der Waals surface area contributed by atoms with Crippen molar-refractivity contribution < 1.29 is 14.4 Å². The molecule has 1 N–H and O–H groups in total. The number of aromatic hydroxyl groups is 1. The number of phenolic OH excluding ortho intramolecular Hbond substituents is 1. The molecule has 1 aliphatic heterocycles. The zero-order valence-electron chi connectivity index (χ0n) is 35.6. The third-order valence-electron chi connectivity index (χ3n) is 12.7. The van der Waals surface area contributed by atoms with Crippen LogP contribution < -0.4 is 9.30 Å². The van der Waals surface area contributed by atoms with E-state index in [0.29, 0.717) is 17.2 Å². The first-order valence-corrected chi connectivity index (χ1v) is 21.7. The van der Waals surface area contributed by atoms with Crippen LogP contribution in [0.3, 0.4) is 0 Å². The summed E-state index contributed by atoms with van der Waals surface area (Å²) in [5, 5.41) is 14.6. The molecular weight excluding hydrogens is 785 g/mol. The van der Waals surface area contributed by atoms with Gasteiger partial charge in [-0.15, -0.1) is 0 Å². The van der Waals surface area contributed by atoms with Crippen LogP contribution in [0.25, 0.3) is 94.5 Å². The van der Waals surface area contributed by atoms with E-state index in [1.54, 1.807) is 0 Å². The number of aromatic nitrogens is 4. The van der Waals surface area contributed by atoms with Gasteiger partial charge in [0.1, 0.15) is 17.3 Å². The lowest BCUT2D eigenvalue weighted by molar-refractivity contribution is -0.570. The molecule has 0 spiro atoms. The number of fused-ring (bicyclic) bond motifs is 10. The fraction of sp³-hybridized carbons (Fsp3) is 0.0690. The summed E-state index contributed by atoms with van der Waals surface area (Å²) < 4.78 is 13.1. The third-order valence-corrected chi connectivity index (χ3v) is 12.7. The molecule has 306 valence electrons. The Hall–Kier alpha value is -8.22. The molecule has 1 aliphatic rings. The average molecular weight is 827 g/mol. The molecule has 0 saturated heterocycles. The third kappa shape index (κ3) is 5.87. The maximum absolute atomic E-state index is 12.4. The minimum absolute atomic E-state index is 0.00259. The highest BCUT2D eigenvalue weighted by Gasteiger charge is 2.27. The molecule has 6 nitrogen and oxygen atoms in total. The van der Waals surface area contributed by atoms with Crippen molar-refractivity contribution in [2.75, 3.05) is 0 Å². The summed E-state index contributed by atoms with van der Waals surface area (Å²) in [5.41, 5.74) is 15.4. The molecule has 4 heterocycles. The molecular formula is C58H42N4O2. The maximum atomic E-state index is 12.4. The highest BCUT2D eigenvalue weighted by molar-refractivity contribution is 6.09. The lowest BCUT2D eigenvalue weighted by atomic mass is 9.88. The number of phenols is 1. The van der Waals surface area contributed by atoms with Crippen molar-refractivity contribution in [2.24, 2.45) is 0 Å². The first kappa shape index (κ1) is 37.5. The van der Waals surface area contributed by atoms with Gasteiger partial charge in [-0.25, -0.2) is 4.98 Å². The van der Waals surface area contributed by atoms with E-state index in [4.69, 9.17) is 9.72 Å². The summed E-state index contributed by atoms with van der Waals surface area (Å²) in [4.78, 5) is 4.86. The van der Waals surface area contributed by atoms with Gasteiger partial charge >= 0.3 is 0 Å². The number of nitrogens with zero attached hydrogens (tertiary/aromatic N) is 4. The molecule has 0 fully saturated rings. The number of ether oxygens (including phenoxy) is 1. The van der Waals surface area contributed by atoms with Crippen molar-refractivity contribution in [2.45, 2.75) is 26.2 Å². The summed E-state index contributed by atoms with van der Waals surface area (Å²) in [6.45, 7) is 6.65. The van der Waals surface area contributed by atoms with Gasteiger partial charge in [-0.3, -0.25) is 13.7 Å². The lowest BCUT2D eigenvalue weighted by Crippen LogP contribution is -2.32. The van der Waals surface area contributed by atoms with Gasteiger partial charge in [-0.1, -0.05) is 160 Å². The van der Waals surface area contributed by atoms with E-state index in [-0.39, 0.29) is 11.2 Å². The molecule has 0 atom stereocenters. The highest BCUT2D eigenvalue weighted by Crippen LogP contribution is 2.46. The van der Waals surface area contributed by atoms with E-state index in [0.717, 1.165) is 88.9 Å². The monoisotopic (exact) mass is 826 g/mol. The number of hydrogen-bond acceptors (Lipinski definition) is 3. The van der Waals surface area contributed by atoms with Crippen molar-refractivity contribution in [1.29, 1.82) is 0 Å². The normalized spacial score (nSPS) is 12.0. The van der Waals surface area contributed by atoms with Crippen LogP contribution in [0.5, 0.6) is 17.2 Å². The Morgan fingerprint density at radius 1 is 0.547 bits per heavy atom. The standard InChI is InChI=1S/C58H42N4O2/c1-58(2,3)38-32-33-59-54(34-38)62-49-26-12-11-22-45(49)46-31-30-39(35-52(46)62)64-53-29-15-28-51(57(53)63)60-36-61-55-40(37-16-5-4-6-17-37)23-13-24-47(55)43-20-9-7-18-41(43)42-19-8-10-21-44(42)48-25-14-27-50(60)56(48)61/h4-35,63H,1-3H3. The fourth-order valence-corrected chi connectivity index (χ4v) is 9.64. The minimum Gasteiger partial charge on any atom is -0.508 e. The minimum atomic E-state index is -0.0461. The van der Waals surface area contributed by atoms with Crippen molar-refractivity contribution in [3.63, 3.8) is 0 Å². The smallest absolute Gasteiger partial charge is 0.270 e. The van der Waals surface area contributed by atoms with Crippen LogP contribution in [0.15, 0.2) is 194 Å². The number of hydrogen-bond donors (Lipinski definition) is 1. The number of para-hydroxylation sites is 4. The largest absolute Gasteiger partial charge is 0.508 e. The van der Waals surface area contributed by atoms with Gasteiger partial charge in [0, 0.05) is 23.0 Å². The maximum Gasteiger partial charge on any atom is 0.270 e. The SMILES string of the molecule is CC(C)(C)c1ccnc(-n2c3ccccc3c3ccc(Oc4cccc(-n5[c-][n+]6c7c(cccc75)-c5ccccc5-c5ccccc5-c5cccc(-c7ccccc7)c5-6)c4O)cc32)c1. The Morgan fingerprint density at radius 2 is 1.16 bits per heavy atom. The second-order valence-electron chi connectivity index (χ2n) is 17.5. The van der Waals surface area contributed by atoms with Crippen molar-refractivity contribution in [1.82, 2.24) is 14.1 Å². The Bertz CT molecular complexity index is 3650. The Morgan fingerprint density at radius 3 is 1.94 bits per heavy atom. The van der Waals surface area contributed by atoms with Crippen LogP contribution in [0.4, 0.5) is 0 Å². The van der Waals surface area contributed by atoms with E-state index >= 15 is 0 Å². The second kappa shape index (κ2) is 14.4. The predicted molar refractivity (Wildman–Crippen MR) is 258 cm³/mol. The van der Waals surface area contributed by atoms with Crippen LogP contribution in [0, 0.1) is 6.33 Å². The van der Waals surface area contributed by atoms with Crippen LogP contribution in [-0.2, 0) is 5.41 Å². The molecule has 0 saturated carbocycles. The Labute approximate surface area is 371 Å². The van der Waals surface area contributed by atoms with Crippen LogP contribution in [-0.4, -0.2) is 19.2 Å². The van der Waals surface area contributed by atoms with Gasteiger partial charge in [-0.2, -0.15) is 0 Å². The Kier molecular flexibility index (Phi) is 8.46. The van der Waals surface area contributed by atoms with Gasteiger partial charge in [0.15, 0.2) is 11.5 Å². The zero-order valence-corrected chi connectivity index (χ0v) is 35.6. The van der Waals surface area contributed by atoms with E-state index in [1.165, 1.54) is 5.56 Å². The van der Waals surface area contributed by atoms with Gasteiger partial charge in [0.2, 0.25) is 0 Å². The van der Waals surface area contributed by atoms with Crippen molar-refractivity contribution in [3.05, 3.63) is 206 Å². The molecule has 8 aromatic carbocycles. The van der Waals surface area contributed by atoms with Crippen LogP contribution in [0.1, 0.15) is 26.3 Å². The zero-order chi connectivity index (χ0) is 43.1. The fourth-order valence-electron chi connectivity index (χ4n) is 9.64. The van der Waals surface area contributed by atoms with Gasteiger partial charge in [0.05, 0.1) is 27.8 Å². The molecule has 6 heteroatoms. The van der Waals surface area contributed by atoms with Crippen molar-refractivity contribution in [3.8, 4) is 78.9 Å². The summed E-state index contributed by atoms with van der Waals surface area (Å²) in [5.74, 6) is 1.76. The average Bonchev–Trinajstić information content (AvgIpc) is 3.88. The number of rotatable bonds is 5. The number of pyridine rings is 1. The number of imidazole rings is 1. The van der Waals surface area contributed by atoms with Crippen LogP contribution >= 0.6 is 0 Å². The highest BCUT2D eigenvalue weighted by atomic mass is 16.5. The molecule has 64 heavy (non-hydrogen) atoms.